The summed E-state index contributed by atoms with van der Waals surface area (Å²) in [5.41, 5.74) is -0.322. The molecule has 0 N–H and O–H groups in total. The summed E-state index contributed by atoms with van der Waals surface area (Å²) in [5, 5.41) is 3.47. The number of hydrogen-bond acceptors (Lipinski definition) is 6. The van der Waals surface area contributed by atoms with Gasteiger partial charge in [0, 0.05) is 5.16 Å². The van der Waals surface area contributed by atoms with Crippen LogP contribution in [0.25, 0.3) is 0 Å². The molecular weight excluding hydrogens is 294 g/mol. The maximum absolute atomic E-state index is 12.0. The maximum atomic E-state index is 12.0. The number of aryl methyl sites for hydroxylation is 1. The lowest BCUT2D eigenvalue weighted by Crippen LogP contribution is -2.41. The van der Waals surface area contributed by atoms with Crippen LogP contribution < -0.4 is 0 Å². The van der Waals surface area contributed by atoms with E-state index < -0.39 is 21.3 Å². The molecule has 1 aromatic carbocycles. The molecular formula is C14H19NO5S. The highest BCUT2D eigenvalue weighted by Crippen LogP contribution is 2.36. The van der Waals surface area contributed by atoms with Crippen LogP contribution in [-0.4, -0.2) is 25.7 Å². The molecule has 1 fully saturated rings. The standard InChI is InChI=1S/C14H19NO5S/c1-10-6-8-11(9-7-10)21(16,17)20-15-12-18-13(2,3)14(4,5)19-12/h6-9H,1-5H3. The van der Waals surface area contributed by atoms with Crippen molar-refractivity contribution >= 4 is 16.2 Å². The summed E-state index contributed by atoms with van der Waals surface area (Å²) < 4.78 is 39.5. The SMILES string of the molecule is Cc1ccc(S(=O)(=O)ON=C2OC(C)(C)C(C)(C)O2)cc1. The molecule has 116 valence electrons. The van der Waals surface area contributed by atoms with Gasteiger partial charge < -0.3 is 9.47 Å². The van der Waals surface area contributed by atoms with Gasteiger partial charge in [-0.3, -0.25) is 4.28 Å². The van der Waals surface area contributed by atoms with Gasteiger partial charge in [-0.1, -0.05) is 17.7 Å². The van der Waals surface area contributed by atoms with Gasteiger partial charge >= 0.3 is 16.2 Å². The normalized spacial score (nSPS) is 19.6. The molecule has 0 saturated carbocycles. The Bertz CT molecular complexity index is 641. The molecule has 2 rings (SSSR count). The third kappa shape index (κ3) is 3.12. The van der Waals surface area contributed by atoms with Crippen LogP contribution in [0.3, 0.4) is 0 Å². The highest BCUT2D eigenvalue weighted by molar-refractivity contribution is 7.86. The van der Waals surface area contributed by atoms with Gasteiger partial charge in [0.2, 0.25) is 0 Å². The van der Waals surface area contributed by atoms with E-state index in [2.05, 4.69) is 9.44 Å². The molecule has 1 aliphatic heterocycles. The second-order valence-electron chi connectivity index (χ2n) is 5.92. The first-order valence-corrected chi connectivity index (χ1v) is 7.91. The van der Waals surface area contributed by atoms with Gasteiger partial charge in [-0.15, -0.1) is 0 Å². The van der Waals surface area contributed by atoms with Crippen LogP contribution in [0.15, 0.2) is 34.3 Å². The van der Waals surface area contributed by atoms with E-state index in [-0.39, 0.29) is 11.0 Å². The van der Waals surface area contributed by atoms with Crippen molar-refractivity contribution in [1.29, 1.82) is 0 Å². The minimum atomic E-state index is -3.99. The van der Waals surface area contributed by atoms with E-state index in [0.29, 0.717) is 0 Å². The van der Waals surface area contributed by atoms with Crippen molar-refractivity contribution in [2.45, 2.75) is 50.7 Å². The molecule has 0 radical (unpaired) electrons. The van der Waals surface area contributed by atoms with Gasteiger partial charge in [0.1, 0.15) is 16.1 Å². The zero-order valence-corrected chi connectivity index (χ0v) is 13.5. The highest BCUT2D eigenvalue weighted by atomic mass is 32.2. The number of benzene rings is 1. The van der Waals surface area contributed by atoms with Crippen molar-refractivity contribution in [3.05, 3.63) is 29.8 Å². The van der Waals surface area contributed by atoms with Crippen LogP contribution in [-0.2, 0) is 23.9 Å². The quantitative estimate of drug-likeness (QED) is 0.802. The van der Waals surface area contributed by atoms with Crippen LogP contribution in [0.2, 0.25) is 0 Å². The summed E-state index contributed by atoms with van der Waals surface area (Å²) in [4.78, 5) is 0.0222. The predicted octanol–water partition coefficient (Wildman–Crippen LogP) is 2.58. The minimum absolute atomic E-state index is 0.0222. The number of nitrogens with zero attached hydrogens (tertiary/aromatic N) is 1. The van der Waals surface area contributed by atoms with Crippen molar-refractivity contribution in [1.82, 2.24) is 0 Å². The van der Waals surface area contributed by atoms with Crippen molar-refractivity contribution in [2.24, 2.45) is 5.16 Å². The van der Waals surface area contributed by atoms with E-state index in [1.54, 1.807) is 12.1 Å². The smallest absolute Gasteiger partial charge is 0.424 e. The minimum Gasteiger partial charge on any atom is -0.438 e. The Kier molecular flexibility index (Phi) is 3.65. The molecule has 0 bridgehead atoms. The van der Waals surface area contributed by atoms with E-state index in [0.717, 1.165) is 5.56 Å². The first-order chi connectivity index (χ1) is 9.53. The number of hydrogen-bond donors (Lipinski definition) is 0. The lowest BCUT2D eigenvalue weighted by molar-refractivity contribution is 0.00578. The van der Waals surface area contributed by atoms with E-state index in [1.807, 2.05) is 34.6 Å². The highest BCUT2D eigenvalue weighted by Gasteiger charge is 2.50. The summed E-state index contributed by atoms with van der Waals surface area (Å²) in [7, 11) is -3.99. The molecule has 21 heavy (non-hydrogen) atoms. The van der Waals surface area contributed by atoms with E-state index in [1.165, 1.54) is 12.1 Å². The largest absolute Gasteiger partial charge is 0.438 e. The molecule has 1 saturated heterocycles. The Morgan fingerprint density at radius 2 is 1.48 bits per heavy atom. The fourth-order valence-corrected chi connectivity index (χ4v) is 2.28. The fourth-order valence-electron chi connectivity index (χ4n) is 1.57. The Hall–Kier alpha value is -1.76. The second-order valence-corrected chi connectivity index (χ2v) is 7.45. The summed E-state index contributed by atoms with van der Waals surface area (Å²) in [6.45, 7) is 9.16. The summed E-state index contributed by atoms with van der Waals surface area (Å²) in [5.74, 6) is 0. The van der Waals surface area contributed by atoms with E-state index in [4.69, 9.17) is 9.47 Å². The molecule has 1 aromatic rings. The van der Waals surface area contributed by atoms with Crippen LogP contribution in [0, 0.1) is 6.92 Å². The molecule has 7 heteroatoms. The molecule has 6 nitrogen and oxygen atoms in total. The van der Waals surface area contributed by atoms with Crippen LogP contribution in [0.4, 0.5) is 0 Å². The Morgan fingerprint density at radius 1 is 1.00 bits per heavy atom. The van der Waals surface area contributed by atoms with Crippen LogP contribution in [0.5, 0.6) is 0 Å². The summed E-state index contributed by atoms with van der Waals surface area (Å²) in [6, 6.07) is 6.26. The van der Waals surface area contributed by atoms with Gasteiger partial charge in [0.15, 0.2) is 0 Å². The molecule has 0 aliphatic carbocycles. The lowest BCUT2D eigenvalue weighted by atomic mass is 9.90. The zero-order valence-electron chi connectivity index (χ0n) is 12.7. The Balaban J connectivity index is 2.16. The third-order valence-electron chi connectivity index (χ3n) is 3.65. The number of oxime groups is 1. The summed E-state index contributed by atoms with van der Waals surface area (Å²) in [6.07, 6.45) is -0.194. The first kappa shape index (κ1) is 15.6. The maximum Gasteiger partial charge on any atom is 0.424 e. The van der Waals surface area contributed by atoms with Crippen molar-refractivity contribution in [3.8, 4) is 0 Å². The van der Waals surface area contributed by atoms with Crippen LogP contribution >= 0.6 is 0 Å². The second kappa shape index (κ2) is 4.91. The Morgan fingerprint density at radius 3 is 1.95 bits per heavy atom. The van der Waals surface area contributed by atoms with Gasteiger partial charge in [0.05, 0.1) is 0 Å². The van der Waals surface area contributed by atoms with Crippen LogP contribution in [0.1, 0.15) is 33.3 Å². The Labute approximate surface area is 124 Å². The van der Waals surface area contributed by atoms with Gasteiger partial charge in [-0.05, 0) is 46.8 Å². The molecule has 0 aromatic heterocycles. The number of ether oxygens (including phenoxy) is 2. The van der Waals surface area contributed by atoms with Crippen molar-refractivity contribution in [3.63, 3.8) is 0 Å². The fraction of sp³-hybridized carbons (Fsp3) is 0.500. The average Bonchev–Trinajstić information content (AvgIpc) is 2.56. The molecule has 0 atom stereocenters. The number of rotatable bonds is 3. The van der Waals surface area contributed by atoms with Crippen molar-refractivity contribution < 1.29 is 22.2 Å². The predicted molar refractivity (Wildman–Crippen MR) is 77.2 cm³/mol. The first-order valence-electron chi connectivity index (χ1n) is 6.50. The molecule has 1 heterocycles. The average molecular weight is 313 g/mol. The van der Waals surface area contributed by atoms with E-state index >= 15 is 0 Å². The third-order valence-corrected chi connectivity index (χ3v) is 4.77. The monoisotopic (exact) mass is 313 g/mol. The molecule has 0 unspecified atom stereocenters. The summed E-state index contributed by atoms with van der Waals surface area (Å²) >= 11 is 0. The van der Waals surface area contributed by atoms with Gasteiger partial charge in [0.25, 0.3) is 0 Å². The molecule has 0 amide bonds. The molecule has 0 spiro atoms. The zero-order chi connectivity index (χ0) is 15.9. The van der Waals surface area contributed by atoms with E-state index in [9.17, 15) is 8.42 Å². The molecule has 1 aliphatic rings. The lowest BCUT2D eigenvalue weighted by Gasteiger charge is -2.28. The van der Waals surface area contributed by atoms with Crippen molar-refractivity contribution in [2.75, 3.05) is 0 Å². The topological polar surface area (TPSA) is 74.2 Å². The van der Waals surface area contributed by atoms with Gasteiger partial charge in [-0.25, -0.2) is 0 Å². The van der Waals surface area contributed by atoms with Gasteiger partial charge in [-0.2, -0.15) is 8.42 Å².